The predicted molar refractivity (Wildman–Crippen MR) is 80.5 cm³/mol. The van der Waals surface area contributed by atoms with Gasteiger partial charge in [-0.15, -0.1) is 0 Å². The van der Waals surface area contributed by atoms with Crippen molar-refractivity contribution in [3.63, 3.8) is 0 Å². The zero-order valence-electron chi connectivity index (χ0n) is 10.9. The minimum absolute atomic E-state index is 0.692. The summed E-state index contributed by atoms with van der Waals surface area (Å²) in [5, 5.41) is 0. The van der Waals surface area contributed by atoms with E-state index >= 15 is 0 Å². The maximum Gasteiger partial charge on any atom is 0.150 e. The topological polar surface area (TPSA) is 30.0 Å². The van der Waals surface area contributed by atoms with Gasteiger partial charge in [-0.05, 0) is 28.8 Å². The highest BCUT2D eigenvalue weighted by molar-refractivity contribution is 5.90. The van der Waals surface area contributed by atoms with E-state index in [9.17, 15) is 4.79 Å². The van der Waals surface area contributed by atoms with Crippen LogP contribution in [0.4, 0.5) is 0 Å². The van der Waals surface area contributed by atoms with Crippen LogP contribution in [0.5, 0.6) is 0 Å². The number of hydrogen-bond donors (Lipinski definition) is 0. The van der Waals surface area contributed by atoms with Crippen molar-refractivity contribution in [2.45, 2.75) is 0 Å². The molecular weight excluding hydrogens is 246 g/mol. The van der Waals surface area contributed by atoms with Gasteiger partial charge in [-0.25, -0.2) is 0 Å². The molecule has 2 heteroatoms. The number of benzene rings is 2. The molecule has 0 amide bonds. The van der Waals surface area contributed by atoms with E-state index in [4.69, 9.17) is 0 Å². The normalized spacial score (nSPS) is 10.2. The van der Waals surface area contributed by atoms with E-state index in [0.29, 0.717) is 5.56 Å². The molecule has 96 valence electrons. The molecule has 0 aliphatic rings. The van der Waals surface area contributed by atoms with E-state index in [1.54, 1.807) is 12.4 Å². The highest BCUT2D eigenvalue weighted by Crippen LogP contribution is 2.27. The van der Waals surface area contributed by atoms with Crippen molar-refractivity contribution < 1.29 is 4.79 Å². The van der Waals surface area contributed by atoms with Crippen LogP contribution in [-0.2, 0) is 0 Å². The summed E-state index contributed by atoms with van der Waals surface area (Å²) in [6.45, 7) is 0. The average molecular weight is 259 g/mol. The first-order valence-corrected chi connectivity index (χ1v) is 6.43. The van der Waals surface area contributed by atoms with E-state index < -0.39 is 0 Å². The van der Waals surface area contributed by atoms with Crippen molar-refractivity contribution in [2.75, 3.05) is 0 Å². The lowest BCUT2D eigenvalue weighted by Crippen LogP contribution is -1.89. The summed E-state index contributed by atoms with van der Waals surface area (Å²) < 4.78 is 0. The van der Waals surface area contributed by atoms with Gasteiger partial charge < -0.3 is 0 Å². The fourth-order valence-electron chi connectivity index (χ4n) is 2.25. The minimum atomic E-state index is 0.692. The molecule has 3 aromatic rings. The Morgan fingerprint density at radius 3 is 2.30 bits per heavy atom. The van der Waals surface area contributed by atoms with Crippen molar-refractivity contribution in [3.8, 4) is 22.3 Å². The van der Waals surface area contributed by atoms with Crippen LogP contribution in [0.25, 0.3) is 22.3 Å². The lowest BCUT2D eigenvalue weighted by molar-refractivity contribution is 0.112. The molecule has 0 saturated carbocycles. The number of aromatic nitrogens is 1. The Balaban J connectivity index is 2.10. The van der Waals surface area contributed by atoms with Crippen LogP contribution in [0.3, 0.4) is 0 Å². The number of hydrogen-bond acceptors (Lipinski definition) is 2. The first-order chi connectivity index (χ1) is 9.88. The average Bonchev–Trinajstić information content (AvgIpc) is 2.56. The molecule has 1 aromatic heterocycles. The van der Waals surface area contributed by atoms with Crippen LogP contribution in [0.2, 0.25) is 0 Å². The molecule has 0 atom stereocenters. The first-order valence-electron chi connectivity index (χ1n) is 6.43. The van der Waals surface area contributed by atoms with Gasteiger partial charge in [0.1, 0.15) is 0 Å². The summed E-state index contributed by atoms with van der Waals surface area (Å²) in [5.74, 6) is 0. The van der Waals surface area contributed by atoms with E-state index in [2.05, 4.69) is 4.98 Å². The predicted octanol–water partition coefficient (Wildman–Crippen LogP) is 4.23. The van der Waals surface area contributed by atoms with Gasteiger partial charge in [-0.3, -0.25) is 9.78 Å². The molecule has 0 unspecified atom stereocenters. The van der Waals surface area contributed by atoms with E-state index in [-0.39, 0.29) is 0 Å². The molecule has 0 spiro atoms. The Morgan fingerprint density at radius 1 is 0.800 bits per heavy atom. The molecule has 0 bridgehead atoms. The number of carbonyl (C=O) groups excluding carboxylic acids is 1. The highest BCUT2D eigenvalue weighted by Gasteiger charge is 2.06. The molecule has 2 aromatic carbocycles. The molecule has 0 aliphatic heterocycles. The van der Waals surface area contributed by atoms with Crippen LogP contribution in [0.1, 0.15) is 10.4 Å². The first kappa shape index (κ1) is 12.3. The Labute approximate surface area is 117 Å². The van der Waals surface area contributed by atoms with Gasteiger partial charge >= 0.3 is 0 Å². The highest BCUT2D eigenvalue weighted by atomic mass is 16.1. The second kappa shape index (κ2) is 5.49. The number of carbonyl (C=O) groups is 1. The van der Waals surface area contributed by atoms with Crippen LogP contribution >= 0.6 is 0 Å². The van der Waals surface area contributed by atoms with Crippen LogP contribution in [0.15, 0.2) is 73.1 Å². The van der Waals surface area contributed by atoms with Gasteiger partial charge in [-0.2, -0.15) is 0 Å². The van der Waals surface area contributed by atoms with Crippen molar-refractivity contribution in [1.82, 2.24) is 4.98 Å². The summed E-state index contributed by atoms with van der Waals surface area (Å²) in [6.07, 6.45) is 4.44. The molecule has 20 heavy (non-hydrogen) atoms. The SMILES string of the molecule is O=Cc1cc(-c2cccnc2)ccc1-c1ccccc1. The van der Waals surface area contributed by atoms with E-state index in [0.717, 1.165) is 28.5 Å². The van der Waals surface area contributed by atoms with Crippen molar-refractivity contribution >= 4 is 6.29 Å². The Morgan fingerprint density at radius 2 is 1.60 bits per heavy atom. The van der Waals surface area contributed by atoms with Crippen molar-refractivity contribution in [3.05, 3.63) is 78.6 Å². The summed E-state index contributed by atoms with van der Waals surface area (Å²) in [7, 11) is 0. The molecule has 0 saturated heterocycles. The second-order valence-electron chi connectivity index (χ2n) is 4.53. The fourth-order valence-corrected chi connectivity index (χ4v) is 2.25. The maximum absolute atomic E-state index is 11.4. The second-order valence-corrected chi connectivity index (χ2v) is 4.53. The third-order valence-electron chi connectivity index (χ3n) is 3.26. The minimum Gasteiger partial charge on any atom is -0.298 e. The zero-order chi connectivity index (χ0) is 13.8. The molecule has 0 radical (unpaired) electrons. The maximum atomic E-state index is 11.4. The van der Waals surface area contributed by atoms with E-state index in [1.807, 2.05) is 60.7 Å². The summed E-state index contributed by atoms with van der Waals surface area (Å²) in [4.78, 5) is 15.5. The van der Waals surface area contributed by atoms with Gasteiger partial charge in [0.05, 0.1) is 0 Å². The van der Waals surface area contributed by atoms with E-state index in [1.165, 1.54) is 0 Å². The number of pyridine rings is 1. The Hall–Kier alpha value is -2.74. The van der Waals surface area contributed by atoms with Crippen LogP contribution in [0, 0.1) is 0 Å². The lowest BCUT2D eigenvalue weighted by Gasteiger charge is -2.08. The molecule has 0 aliphatic carbocycles. The van der Waals surface area contributed by atoms with Crippen LogP contribution in [-0.4, -0.2) is 11.3 Å². The largest absolute Gasteiger partial charge is 0.298 e. The summed E-state index contributed by atoms with van der Waals surface area (Å²) in [5.41, 5.74) is 4.70. The zero-order valence-corrected chi connectivity index (χ0v) is 10.9. The molecule has 3 rings (SSSR count). The van der Waals surface area contributed by atoms with Gasteiger partial charge in [0, 0.05) is 23.5 Å². The fraction of sp³-hybridized carbons (Fsp3) is 0. The quantitative estimate of drug-likeness (QED) is 0.659. The van der Waals surface area contributed by atoms with Gasteiger partial charge in [0.2, 0.25) is 0 Å². The van der Waals surface area contributed by atoms with Gasteiger partial charge in [0.25, 0.3) is 0 Å². The summed E-state index contributed by atoms with van der Waals surface area (Å²) in [6, 6.07) is 19.7. The number of rotatable bonds is 3. The Bertz CT molecular complexity index is 721. The third kappa shape index (κ3) is 2.36. The molecular formula is C18H13NO. The van der Waals surface area contributed by atoms with Crippen LogP contribution < -0.4 is 0 Å². The molecule has 0 N–H and O–H groups in total. The van der Waals surface area contributed by atoms with Gasteiger partial charge in [0.15, 0.2) is 6.29 Å². The molecule has 2 nitrogen and oxygen atoms in total. The molecule has 0 fully saturated rings. The van der Waals surface area contributed by atoms with Gasteiger partial charge in [-0.1, -0.05) is 48.5 Å². The smallest absolute Gasteiger partial charge is 0.150 e. The van der Waals surface area contributed by atoms with Crippen molar-refractivity contribution in [2.24, 2.45) is 0 Å². The Kier molecular flexibility index (Phi) is 3.38. The third-order valence-corrected chi connectivity index (χ3v) is 3.26. The summed E-state index contributed by atoms with van der Waals surface area (Å²) >= 11 is 0. The molecule has 1 heterocycles. The number of aldehydes is 1. The standard InChI is InChI=1S/C18H13NO/c20-13-17-11-15(16-7-4-10-19-12-16)8-9-18(17)14-5-2-1-3-6-14/h1-13H. The lowest BCUT2D eigenvalue weighted by atomic mass is 9.96. The monoisotopic (exact) mass is 259 g/mol. The number of nitrogens with zero attached hydrogens (tertiary/aromatic N) is 1. The van der Waals surface area contributed by atoms with Crippen molar-refractivity contribution in [1.29, 1.82) is 0 Å².